The average Bonchev–Trinajstić information content (AvgIpc) is 2.57. The summed E-state index contributed by atoms with van der Waals surface area (Å²) in [6, 6.07) is 1.24. The summed E-state index contributed by atoms with van der Waals surface area (Å²) in [4.78, 5) is 9.85. The van der Waals surface area contributed by atoms with Crippen LogP contribution in [0.2, 0.25) is 0 Å². The predicted molar refractivity (Wildman–Crippen MR) is 104 cm³/mol. The van der Waals surface area contributed by atoms with Gasteiger partial charge in [-0.2, -0.15) is 0 Å². The van der Waals surface area contributed by atoms with Gasteiger partial charge in [-0.3, -0.25) is 4.99 Å². The molecule has 0 aromatic rings. The molecule has 2 heterocycles. The molecule has 2 rings (SSSR count). The molecule has 0 saturated carbocycles. The van der Waals surface area contributed by atoms with Gasteiger partial charge >= 0.3 is 0 Å². The van der Waals surface area contributed by atoms with Gasteiger partial charge in [0.1, 0.15) is 0 Å². The number of nitrogens with one attached hydrogen (secondary N) is 2. The third-order valence-electron chi connectivity index (χ3n) is 5.59. The molecular weight excluding hydrogens is 298 g/mol. The summed E-state index contributed by atoms with van der Waals surface area (Å²) in [5.41, 5.74) is 0. The Bertz CT molecular complexity index is 366. The van der Waals surface area contributed by atoms with E-state index < -0.39 is 0 Å². The first-order valence-corrected chi connectivity index (χ1v) is 10.1. The number of piperidine rings is 2. The van der Waals surface area contributed by atoms with Crippen molar-refractivity contribution in [2.45, 2.75) is 65.0 Å². The summed E-state index contributed by atoms with van der Waals surface area (Å²) in [6.07, 6.45) is 6.35. The molecule has 0 amide bonds. The maximum absolute atomic E-state index is 4.84. The Labute approximate surface area is 149 Å². The van der Waals surface area contributed by atoms with Gasteiger partial charge in [0.25, 0.3) is 0 Å². The molecule has 0 aromatic heterocycles. The van der Waals surface area contributed by atoms with Gasteiger partial charge in [0.2, 0.25) is 0 Å². The molecule has 5 nitrogen and oxygen atoms in total. The third kappa shape index (κ3) is 6.60. The van der Waals surface area contributed by atoms with Crippen molar-refractivity contribution < 1.29 is 0 Å². The number of hydrogen-bond acceptors (Lipinski definition) is 3. The number of nitrogens with zero attached hydrogens (tertiary/aromatic N) is 3. The summed E-state index contributed by atoms with van der Waals surface area (Å²) in [7, 11) is 2.23. The minimum absolute atomic E-state index is 0.570. The van der Waals surface area contributed by atoms with Crippen molar-refractivity contribution in [2.24, 2.45) is 10.9 Å². The van der Waals surface area contributed by atoms with E-state index in [1.807, 2.05) is 0 Å². The molecule has 0 spiro atoms. The van der Waals surface area contributed by atoms with Crippen molar-refractivity contribution in [3.8, 4) is 0 Å². The van der Waals surface area contributed by atoms with E-state index in [0.717, 1.165) is 25.0 Å². The van der Waals surface area contributed by atoms with E-state index in [2.05, 4.69) is 48.3 Å². The van der Waals surface area contributed by atoms with Crippen molar-refractivity contribution >= 4 is 5.96 Å². The molecule has 140 valence electrons. The highest BCUT2D eigenvalue weighted by Crippen LogP contribution is 2.19. The van der Waals surface area contributed by atoms with Crippen LogP contribution in [0, 0.1) is 5.92 Å². The van der Waals surface area contributed by atoms with Crippen LogP contribution in [0.4, 0.5) is 0 Å². The summed E-state index contributed by atoms with van der Waals surface area (Å²) in [5, 5.41) is 7.09. The maximum atomic E-state index is 4.84. The summed E-state index contributed by atoms with van der Waals surface area (Å²) in [5.74, 6) is 1.88. The van der Waals surface area contributed by atoms with Gasteiger partial charge in [-0.25, -0.2) is 0 Å². The first kappa shape index (κ1) is 19.5. The smallest absolute Gasteiger partial charge is 0.191 e. The van der Waals surface area contributed by atoms with Crippen LogP contribution in [0.5, 0.6) is 0 Å². The molecule has 0 radical (unpaired) electrons. The van der Waals surface area contributed by atoms with Crippen LogP contribution in [-0.2, 0) is 0 Å². The molecule has 2 aliphatic heterocycles. The van der Waals surface area contributed by atoms with E-state index in [9.17, 15) is 0 Å². The molecule has 2 aliphatic rings. The van der Waals surface area contributed by atoms with Gasteiger partial charge in [0.15, 0.2) is 5.96 Å². The van der Waals surface area contributed by atoms with Crippen molar-refractivity contribution in [3.05, 3.63) is 0 Å². The number of hydrogen-bond donors (Lipinski definition) is 2. The molecule has 0 aliphatic carbocycles. The second-order valence-corrected chi connectivity index (χ2v) is 7.84. The molecule has 0 unspecified atom stereocenters. The average molecular weight is 338 g/mol. The van der Waals surface area contributed by atoms with Crippen molar-refractivity contribution in [1.82, 2.24) is 20.4 Å². The lowest BCUT2D eigenvalue weighted by Crippen LogP contribution is -2.49. The Morgan fingerprint density at radius 3 is 2.33 bits per heavy atom. The first-order chi connectivity index (χ1) is 11.6. The van der Waals surface area contributed by atoms with Crippen LogP contribution in [0.1, 0.15) is 52.9 Å². The summed E-state index contributed by atoms with van der Waals surface area (Å²) >= 11 is 0. The van der Waals surface area contributed by atoms with Crippen molar-refractivity contribution in [3.63, 3.8) is 0 Å². The Balaban J connectivity index is 1.72. The fourth-order valence-corrected chi connectivity index (χ4v) is 3.78. The zero-order valence-electron chi connectivity index (χ0n) is 16.4. The van der Waals surface area contributed by atoms with Crippen LogP contribution in [0.3, 0.4) is 0 Å². The summed E-state index contributed by atoms with van der Waals surface area (Å²) in [6.45, 7) is 13.5. The highest BCUT2D eigenvalue weighted by atomic mass is 15.2. The normalized spacial score (nSPS) is 23.0. The number of guanidine groups is 1. The first-order valence-electron chi connectivity index (χ1n) is 10.1. The van der Waals surface area contributed by atoms with Crippen molar-refractivity contribution in [2.75, 3.05) is 46.3 Å². The Morgan fingerprint density at radius 1 is 1.08 bits per heavy atom. The Hall–Kier alpha value is -0.810. The molecule has 2 fully saturated rings. The number of aliphatic imine (C=N–C) groups is 1. The minimum Gasteiger partial charge on any atom is -0.357 e. The molecule has 24 heavy (non-hydrogen) atoms. The van der Waals surface area contributed by atoms with E-state index in [4.69, 9.17) is 4.99 Å². The maximum Gasteiger partial charge on any atom is 0.191 e. The molecule has 2 N–H and O–H groups in total. The number of likely N-dealkylation sites (tertiary alicyclic amines) is 2. The molecule has 2 saturated heterocycles. The molecule has 0 bridgehead atoms. The predicted octanol–water partition coefficient (Wildman–Crippen LogP) is 2.15. The van der Waals surface area contributed by atoms with Gasteiger partial charge in [-0.15, -0.1) is 0 Å². The minimum atomic E-state index is 0.570. The second kappa shape index (κ2) is 10.2. The highest BCUT2D eigenvalue weighted by Gasteiger charge is 2.21. The Morgan fingerprint density at radius 2 is 1.75 bits per heavy atom. The van der Waals surface area contributed by atoms with Gasteiger partial charge in [-0.05, 0) is 78.9 Å². The number of rotatable bonds is 6. The lowest BCUT2D eigenvalue weighted by Gasteiger charge is -2.35. The standard InChI is InChI=1S/C19H39N5/c1-5-20-19(21-11-6-17-7-12-23(4)13-8-17)22-18-9-14-24(15-10-18)16(2)3/h16-18H,5-15H2,1-4H3,(H2,20,21,22). The third-order valence-corrected chi connectivity index (χ3v) is 5.59. The monoisotopic (exact) mass is 337 g/mol. The van der Waals surface area contributed by atoms with Crippen LogP contribution in [0.15, 0.2) is 4.99 Å². The topological polar surface area (TPSA) is 42.9 Å². The molecular formula is C19H39N5. The fraction of sp³-hybridized carbons (Fsp3) is 0.947. The lowest BCUT2D eigenvalue weighted by molar-refractivity contribution is 0.167. The second-order valence-electron chi connectivity index (χ2n) is 7.84. The summed E-state index contributed by atoms with van der Waals surface area (Å²) < 4.78 is 0. The van der Waals surface area contributed by atoms with Gasteiger partial charge in [0, 0.05) is 38.3 Å². The van der Waals surface area contributed by atoms with Gasteiger partial charge in [0.05, 0.1) is 0 Å². The quantitative estimate of drug-likeness (QED) is 0.576. The van der Waals surface area contributed by atoms with Crippen LogP contribution >= 0.6 is 0 Å². The largest absolute Gasteiger partial charge is 0.357 e. The zero-order chi connectivity index (χ0) is 17.4. The van der Waals surface area contributed by atoms with Crippen LogP contribution in [-0.4, -0.2) is 74.2 Å². The van der Waals surface area contributed by atoms with Gasteiger partial charge < -0.3 is 20.4 Å². The molecule has 5 heteroatoms. The Kier molecular flexibility index (Phi) is 8.33. The van der Waals surface area contributed by atoms with Gasteiger partial charge in [-0.1, -0.05) is 0 Å². The molecule has 0 atom stereocenters. The van der Waals surface area contributed by atoms with Crippen LogP contribution < -0.4 is 10.6 Å². The van der Waals surface area contributed by atoms with E-state index in [1.54, 1.807) is 0 Å². The zero-order valence-corrected chi connectivity index (χ0v) is 16.4. The van der Waals surface area contributed by atoms with E-state index in [1.165, 1.54) is 58.3 Å². The molecule has 0 aromatic carbocycles. The van der Waals surface area contributed by atoms with E-state index >= 15 is 0 Å². The lowest BCUT2D eigenvalue weighted by atomic mass is 9.94. The highest BCUT2D eigenvalue weighted by molar-refractivity contribution is 5.80. The van der Waals surface area contributed by atoms with E-state index in [-0.39, 0.29) is 0 Å². The fourth-order valence-electron chi connectivity index (χ4n) is 3.78. The van der Waals surface area contributed by atoms with Crippen molar-refractivity contribution in [1.29, 1.82) is 0 Å². The van der Waals surface area contributed by atoms with Crippen LogP contribution in [0.25, 0.3) is 0 Å². The van der Waals surface area contributed by atoms with E-state index in [0.29, 0.717) is 12.1 Å². The SMILES string of the molecule is CCNC(=NCCC1CCN(C)CC1)NC1CCN(C(C)C)CC1.